The van der Waals surface area contributed by atoms with Crippen LogP contribution in [0.15, 0.2) is 12.3 Å². The zero-order valence-corrected chi connectivity index (χ0v) is 4.78. The average Bonchev–Trinajstić information content (AvgIpc) is 2.18. The van der Waals surface area contributed by atoms with Gasteiger partial charge in [-0.3, -0.25) is 0 Å². The third-order valence-corrected chi connectivity index (χ3v) is 0.970. The van der Waals surface area contributed by atoms with Crippen molar-refractivity contribution in [1.82, 2.24) is 9.78 Å². The summed E-state index contributed by atoms with van der Waals surface area (Å²) in [6, 6.07) is 3.58. The van der Waals surface area contributed by atoms with E-state index in [4.69, 9.17) is 11.0 Å². The van der Waals surface area contributed by atoms with Crippen molar-refractivity contribution in [2.75, 3.05) is 5.73 Å². The molecule has 0 fully saturated rings. The van der Waals surface area contributed by atoms with Crippen molar-refractivity contribution < 1.29 is 0 Å². The Morgan fingerprint density at radius 3 is 3.11 bits per heavy atom. The van der Waals surface area contributed by atoms with E-state index in [1.54, 1.807) is 12.3 Å². The maximum absolute atomic E-state index is 8.20. The van der Waals surface area contributed by atoms with Crippen LogP contribution in [0, 0.1) is 11.3 Å². The van der Waals surface area contributed by atoms with Crippen LogP contribution in [0.25, 0.3) is 0 Å². The van der Waals surface area contributed by atoms with Gasteiger partial charge in [0.2, 0.25) is 0 Å². The molecule has 0 bridgehead atoms. The molecular weight excluding hydrogens is 116 g/mol. The maximum atomic E-state index is 8.20. The lowest BCUT2D eigenvalue weighted by molar-refractivity contribution is 0.720. The van der Waals surface area contributed by atoms with Gasteiger partial charge in [0.25, 0.3) is 0 Å². The molecule has 0 aliphatic carbocycles. The van der Waals surface area contributed by atoms with Crippen LogP contribution in [0.2, 0.25) is 0 Å². The molecule has 1 aromatic heterocycles. The highest BCUT2D eigenvalue weighted by Gasteiger charge is 1.92. The van der Waals surface area contributed by atoms with Crippen LogP contribution in [0.3, 0.4) is 0 Å². The van der Waals surface area contributed by atoms with Gasteiger partial charge in [-0.2, -0.15) is 10.4 Å². The summed E-state index contributed by atoms with van der Waals surface area (Å²) in [4.78, 5) is 0. The van der Waals surface area contributed by atoms with Gasteiger partial charge in [0.1, 0.15) is 12.4 Å². The first-order chi connectivity index (χ1) is 4.34. The number of rotatable bonds is 1. The largest absolute Gasteiger partial charge is 0.384 e. The van der Waals surface area contributed by atoms with Crippen LogP contribution in [-0.2, 0) is 6.54 Å². The normalized spacial score (nSPS) is 8.78. The van der Waals surface area contributed by atoms with Crippen LogP contribution in [0.5, 0.6) is 0 Å². The van der Waals surface area contributed by atoms with Crippen molar-refractivity contribution >= 4 is 5.82 Å². The van der Waals surface area contributed by atoms with Gasteiger partial charge in [0.05, 0.1) is 12.3 Å². The van der Waals surface area contributed by atoms with E-state index in [0.717, 1.165) is 0 Å². The van der Waals surface area contributed by atoms with Crippen molar-refractivity contribution in [1.29, 1.82) is 5.26 Å². The number of nitrogens with two attached hydrogens (primary N) is 1. The third-order valence-electron chi connectivity index (χ3n) is 0.970. The molecule has 4 heteroatoms. The van der Waals surface area contributed by atoms with Gasteiger partial charge in [-0.25, -0.2) is 4.68 Å². The Labute approximate surface area is 52.5 Å². The molecule has 0 saturated carbocycles. The zero-order chi connectivity index (χ0) is 6.69. The summed E-state index contributed by atoms with van der Waals surface area (Å²) in [5.41, 5.74) is 5.38. The molecular formula is C5H6N4. The second-order valence-electron chi connectivity index (χ2n) is 1.57. The van der Waals surface area contributed by atoms with E-state index in [2.05, 4.69) is 5.10 Å². The first-order valence-corrected chi connectivity index (χ1v) is 2.49. The number of nitrogen functional groups attached to an aromatic ring is 1. The molecule has 0 aliphatic heterocycles. The van der Waals surface area contributed by atoms with Crippen molar-refractivity contribution in [2.24, 2.45) is 0 Å². The lowest BCUT2D eigenvalue weighted by Crippen LogP contribution is -2.02. The van der Waals surface area contributed by atoms with Crippen molar-refractivity contribution in [2.45, 2.75) is 6.54 Å². The zero-order valence-electron chi connectivity index (χ0n) is 4.78. The second-order valence-corrected chi connectivity index (χ2v) is 1.57. The Balaban J connectivity index is 2.84. The third kappa shape index (κ3) is 0.995. The summed E-state index contributed by atoms with van der Waals surface area (Å²) in [7, 11) is 0. The Morgan fingerprint density at radius 1 is 1.89 bits per heavy atom. The van der Waals surface area contributed by atoms with E-state index in [9.17, 15) is 0 Å². The van der Waals surface area contributed by atoms with E-state index >= 15 is 0 Å². The molecule has 0 saturated heterocycles. The SMILES string of the molecule is N#CCn1nccc1N. The summed E-state index contributed by atoms with van der Waals surface area (Å²) in [6.07, 6.45) is 1.56. The van der Waals surface area contributed by atoms with Gasteiger partial charge in [-0.05, 0) is 6.07 Å². The van der Waals surface area contributed by atoms with Crippen LogP contribution < -0.4 is 5.73 Å². The van der Waals surface area contributed by atoms with E-state index in [1.807, 2.05) is 6.07 Å². The minimum atomic E-state index is 0.221. The van der Waals surface area contributed by atoms with Crippen LogP contribution in [-0.4, -0.2) is 9.78 Å². The standard InChI is InChI=1S/C5H6N4/c6-2-4-9-5(7)1-3-8-9/h1,3H,4,7H2. The smallest absolute Gasteiger partial charge is 0.130 e. The molecule has 9 heavy (non-hydrogen) atoms. The van der Waals surface area contributed by atoms with E-state index in [1.165, 1.54) is 4.68 Å². The van der Waals surface area contributed by atoms with E-state index < -0.39 is 0 Å². The Hall–Kier alpha value is -1.50. The van der Waals surface area contributed by atoms with Gasteiger partial charge in [0, 0.05) is 0 Å². The predicted molar refractivity (Wildman–Crippen MR) is 32.3 cm³/mol. The lowest BCUT2D eigenvalue weighted by atomic mass is 10.6. The van der Waals surface area contributed by atoms with Gasteiger partial charge >= 0.3 is 0 Å². The van der Waals surface area contributed by atoms with Crippen molar-refractivity contribution in [3.63, 3.8) is 0 Å². The maximum Gasteiger partial charge on any atom is 0.130 e. The monoisotopic (exact) mass is 122 g/mol. The molecule has 1 rings (SSSR count). The van der Waals surface area contributed by atoms with E-state index in [0.29, 0.717) is 5.82 Å². The second kappa shape index (κ2) is 2.18. The summed E-state index contributed by atoms with van der Waals surface area (Å²) in [5.74, 6) is 0.525. The van der Waals surface area contributed by atoms with Gasteiger partial charge in [0.15, 0.2) is 0 Å². The Bertz CT molecular complexity index is 231. The van der Waals surface area contributed by atoms with E-state index in [-0.39, 0.29) is 6.54 Å². The molecule has 0 aliphatic rings. The fourth-order valence-electron chi connectivity index (χ4n) is 0.542. The molecule has 1 heterocycles. The molecule has 0 aromatic carbocycles. The van der Waals surface area contributed by atoms with Crippen molar-refractivity contribution in [3.8, 4) is 6.07 Å². The summed E-state index contributed by atoms with van der Waals surface area (Å²) in [6.45, 7) is 0.221. The van der Waals surface area contributed by atoms with Crippen LogP contribution in [0.1, 0.15) is 0 Å². The lowest BCUT2D eigenvalue weighted by Gasteiger charge is -1.92. The molecule has 4 nitrogen and oxygen atoms in total. The van der Waals surface area contributed by atoms with Crippen LogP contribution >= 0.6 is 0 Å². The Kier molecular flexibility index (Phi) is 1.36. The first kappa shape index (κ1) is 5.63. The number of anilines is 1. The predicted octanol–water partition coefficient (Wildman–Crippen LogP) is -0.0111. The summed E-state index contributed by atoms with van der Waals surface area (Å²) < 4.78 is 1.43. The quantitative estimate of drug-likeness (QED) is 0.569. The highest BCUT2D eigenvalue weighted by atomic mass is 15.3. The van der Waals surface area contributed by atoms with Gasteiger partial charge < -0.3 is 5.73 Å². The Morgan fingerprint density at radius 2 is 2.67 bits per heavy atom. The summed E-state index contributed by atoms with van der Waals surface area (Å²) in [5, 5.41) is 12.0. The molecule has 0 amide bonds. The number of hydrogen-bond acceptors (Lipinski definition) is 3. The minimum absolute atomic E-state index is 0.221. The van der Waals surface area contributed by atoms with Gasteiger partial charge in [-0.1, -0.05) is 0 Å². The fourth-order valence-corrected chi connectivity index (χ4v) is 0.542. The summed E-state index contributed by atoms with van der Waals surface area (Å²) >= 11 is 0. The topological polar surface area (TPSA) is 67.6 Å². The number of hydrogen-bond donors (Lipinski definition) is 1. The average molecular weight is 122 g/mol. The molecule has 2 N–H and O–H groups in total. The number of nitriles is 1. The highest BCUT2D eigenvalue weighted by molar-refractivity contribution is 5.26. The number of nitrogens with zero attached hydrogens (tertiary/aromatic N) is 3. The minimum Gasteiger partial charge on any atom is -0.384 e. The van der Waals surface area contributed by atoms with Crippen LogP contribution in [0.4, 0.5) is 5.82 Å². The highest BCUT2D eigenvalue weighted by Crippen LogP contribution is 1.96. The number of aromatic nitrogens is 2. The molecule has 46 valence electrons. The van der Waals surface area contributed by atoms with Gasteiger partial charge in [-0.15, -0.1) is 0 Å². The first-order valence-electron chi connectivity index (χ1n) is 2.49. The molecule has 1 aromatic rings. The fraction of sp³-hybridized carbons (Fsp3) is 0.200. The molecule has 0 atom stereocenters. The molecule has 0 radical (unpaired) electrons. The molecule has 0 unspecified atom stereocenters. The molecule has 0 spiro atoms. The van der Waals surface area contributed by atoms with Crippen molar-refractivity contribution in [3.05, 3.63) is 12.3 Å².